The molecule has 2 rings (SSSR count). The van der Waals surface area contributed by atoms with Gasteiger partial charge in [-0.15, -0.1) is 0 Å². The summed E-state index contributed by atoms with van der Waals surface area (Å²) in [5, 5.41) is 5.37. The zero-order valence-corrected chi connectivity index (χ0v) is 14.9. The van der Waals surface area contributed by atoms with Crippen LogP contribution in [0.3, 0.4) is 0 Å². The van der Waals surface area contributed by atoms with Crippen LogP contribution in [0.2, 0.25) is 0 Å². The SMILES string of the molecule is C1CCC1.CC.CC.CC.Cc1ccccc1SN. The van der Waals surface area contributed by atoms with Gasteiger partial charge in [0.05, 0.1) is 0 Å². The number of nitrogens with two attached hydrogens (primary N) is 1. The molecule has 1 aromatic carbocycles. The Bertz CT molecular complexity index is 241. The summed E-state index contributed by atoms with van der Waals surface area (Å²) in [6.45, 7) is 14.1. The van der Waals surface area contributed by atoms with Crippen LogP contribution >= 0.6 is 11.9 Å². The highest BCUT2D eigenvalue weighted by atomic mass is 32.2. The fourth-order valence-electron chi connectivity index (χ4n) is 0.939. The molecule has 0 atom stereocenters. The monoisotopic (exact) mass is 285 g/mol. The molecule has 2 heteroatoms. The Morgan fingerprint density at radius 3 is 1.37 bits per heavy atom. The molecule has 1 saturated carbocycles. The van der Waals surface area contributed by atoms with Gasteiger partial charge in [-0.2, -0.15) is 0 Å². The molecule has 0 radical (unpaired) electrons. The predicted molar refractivity (Wildman–Crippen MR) is 93.7 cm³/mol. The summed E-state index contributed by atoms with van der Waals surface area (Å²) >= 11 is 1.30. The van der Waals surface area contributed by atoms with Gasteiger partial charge in [-0.25, -0.2) is 0 Å². The van der Waals surface area contributed by atoms with Crippen LogP contribution in [0.1, 0.15) is 72.8 Å². The zero-order chi connectivity index (χ0) is 15.5. The number of rotatable bonds is 1. The van der Waals surface area contributed by atoms with Crippen molar-refractivity contribution in [2.45, 2.75) is 79.0 Å². The fraction of sp³-hybridized carbons (Fsp3) is 0.647. The Labute approximate surface area is 126 Å². The molecule has 1 aliphatic rings. The van der Waals surface area contributed by atoms with Gasteiger partial charge < -0.3 is 0 Å². The van der Waals surface area contributed by atoms with E-state index in [0.717, 1.165) is 4.90 Å². The average Bonchev–Trinajstić information content (AvgIpc) is 2.44. The van der Waals surface area contributed by atoms with Gasteiger partial charge in [-0.05, 0) is 30.5 Å². The molecular weight excluding hydrogens is 250 g/mol. The van der Waals surface area contributed by atoms with E-state index in [0.29, 0.717) is 0 Å². The summed E-state index contributed by atoms with van der Waals surface area (Å²) in [7, 11) is 0. The Balaban J connectivity index is -0.000000215. The molecule has 0 amide bonds. The van der Waals surface area contributed by atoms with Gasteiger partial charge in [0, 0.05) is 4.90 Å². The third-order valence-electron chi connectivity index (χ3n) is 2.22. The Morgan fingerprint density at radius 1 is 0.789 bits per heavy atom. The van der Waals surface area contributed by atoms with Gasteiger partial charge in [0.2, 0.25) is 0 Å². The summed E-state index contributed by atoms with van der Waals surface area (Å²) in [5.41, 5.74) is 1.24. The summed E-state index contributed by atoms with van der Waals surface area (Å²) in [4.78, 5) is 1.15. The van der Waals surface area contributed by atoms with E-state index in [1.165, 1.54) is 43.2 Å². The lowest BCUT2D eigenvalue weighted by molar-refractivity contribution is 0.504. The second-order valence-electron chi connectivity index (χ2n) is 3.30. The molecule has 1 aromatic rings. The van der Waals surface area contributed by atoms with Gasteiger partial charge >= 0.3 is 0 Å². The van der Waals surface area contributed by atoms with Crippen molar-refractivity contribution < 1.29 is 0 Å². The third-order valence-corrected chi connectivity index (χ3v) is 2.93. The second kappa shape index (κ2) is 22.7. The number of aryl methyl sites for hydroxylation is 1. The summed E-state index contributed by atoms with van der Waals surface area (Å²) in [6, 6.07) is 8.06. The van der Waals surface area contributed by atoms with Crippen molar-refractivity contribution in [3.63, 3.8) is 0 Å². The van der Waals surface area contributed by atoms with E-state index in [2.05, 4.69) is 13.0 Å². The minimum Gasteiger partial charge on any atom is -0.274 e. The van der Waals surface area contributed by atoms with Crippen LogP contribution in [0.4, 0.5) is 0 Å². The number of hydrogen-bond donors (Lipinski definition) is 1. The smallest absolute Gasteiger partial charge is 0.0255 e. The largest absolute Gasteiger partial charge is 0.274 e. The molecular formula is C17H35NS. The molecule has 1 aliphatic carbocycles. The minimum absolute atomic E-state index is 1.15. The topological polar surface area (TPSA) is 26.0 Å². The van der Waals surface area contributed by atoms with Crippen LogP contribution in [-0.2, 0) is 0 Å². The quantitative estimate of drug-likeness (QED) is 0.588. The van der Waals surface area contributed by atoms with Crippen LogP contribution in [0, 0.1) is 6.92 Å². The molecule has 2 N–H and O–H groups in total. The summed E-state index contributed by atoms with van der Waals surface area (Å²) in [6.07, 6.45) is 6.00. The van der Waals surface area contributed by atoms with Gasteiger partial charge in [-0.3, -0.25) is 5.14 Å². The van der Waals surface area contributed by atoms with E-state index < -0.39 is 0 Å². The maximum Gasteiger partial charge on any atom is 0.0255 e. The van der Waals surface area contributed by atoms with Gasteiger partial charge in [0.1, 0.15) is 0 Å². The molecule has 0 heterocycles. The van der Waals surface area contributed by atoms with Gasteiger partial charge in [-0.1, -0.05) is 85.4 Å². The van der Waals surface area contributed by atoms with Crippen LogP contribution in [0.25, 0.3) is 0 Å². The Kier molecular flexibility index (Phi) is 28.2. The van der Waals surface area contributed by atoms with Crippen LogP contribution in [0.15, 0.2) is 29.2 Å². The van der Waals surface area contributed by atoms with Crippen molar-refractivity contribution in [3.05, 3.63) is 29.8 Å². The first kappa shape index (κ1) is 23.6. The van der Waals surface area contributed by atoms with E-state index in [1.54, 1.807) is 0 Å². The maximum atomic E-state index is 5.37. The van der Waals surface area contributed by atoms with Gasteiger partial charge in [0.25, 0.3) is 0 Å². The Hall–Kier alpha value is -0.470. The fourth-order valence-corrected chi connectivity index (χ4v) is 1.35. The first-order valence-corrected chi connectivity index (χ1v) is 8.65. The highest BCUT2D eigenvalue weighted by Crippen LogP contribution is 2.15. The van der Waals surface area contributed by atoms with E-state index in [1.807, 2.05) is 59.7 Å². The van der Waals surface area contributed by atoms with E-state index in [9.17, 15) is 0 Å². The molecule has 0 spiro atoms. The van der Waals surface area contributed by atoms with Crippen molar-refractivity contribution in [3.8, 4) is 0 Å². The zero-order valence-electron chi connectivity index (χ0n) is 14.1. The van der Waals surface area contributed by atoms with Crippen LogP contribution in [-0.4, -0.2) is 0 Å². The van der Waals surface area contributed by atoms with E-state index in [-0.39, 0.29) is 0 Å². The molecule has 0 bridgehead atoms. The average molecular weight is 286 g/mol. The molecule has 19 heavy (non-hydrogen) atoms. The predicted octanol–water partition coefficient (Wildman–Crippen LogP) is 6.60. The van der Waals surface area contributed by atoms with Crippen molar-refractivity contribution in [2.24, 2.45) is 5.14 Å². The molecule has 1 nitrogen and oxygen atoms in total. The first-order valence-electron chi connectivity index (χ1n) is 7.77. The summed E-state index contributed by atoms with van der Waals surface area (Å²) < 4.78 is 0. The standard InChI is InChI=1S/C7H9NS.C4H8.3C2H6/c1-6-4-2-3-5-7(6)9-8;1-2-4-3-1;3*1-2/h2-5H,8H2,1H3;1-4H2;3*1-2H3. The molecule has 0 aliphatic heterocycles. The summed E-state index contributed by atoms with van der Waals surface area (Å²) in [5.74, 6) is 0. The molecule has 0 unspecified atom stereocenters. The van der Waals surface area contributed by atoms with Gasteiger partial charge in [0.15, 0.2) is 0 Å². The third kappa shape index (κ3) is 15.5. The molecule has 0 aromatic heterocycles. The molecule has 0 saturated heterocycles. The second-order valence-corrected chi connectivity index (χ2v) is 3.97. The normalized spacial score (nSPS) is 10.5. The van der Waals surface area contributed by atoms with Crippen molar-refractivity contribution >= 4 is 11.9 Å². The first-order chi connectivity index (χ1) is 9.34. The molecule has 1 fully saturated rings. The van der Waals surface area contributed by atoms with E-state index >= 15 is 0 Å². The van der Waals surface area contributed by atoms with Crippen molar-refractivity contribution in [1.82, 2.24) is 0 Å². The Morgan fingerprint density at radius 2 is 1.16 bits per heavy atom. The number of hydrogen-bond acceptors (Lipinski definition) is 2. The lowest BCUT2D eigenvalue weighted by atomic mass is 10.0. The lowest BCUT2D eigenvalue weighted by Gasteiger charge is -2.05. The van der Waals surface area contributed by atoms with Crippen molar-refractivity contribution in [1.29, 1.82) is 0 Å². The van der Waals surface area contributed by atoms with Crippen molar-refractivity contribution in [2.75, 3.05) is 0 Å². The number of benzene rings is 1. The lowest BCUT2D eigenvalue weighted by Crippen LogP contribution is -1.85. The highest BCUT2D eigenvalue weighted by molar-refractivity contribution is 7.97. The maximum absolute atomic E-state index is 5.37. The van der Waals surface area contributed by atoms with Crippen LogP contribution in [0.5, 0.6) is 0 Å². The minimum atomic E-state index is 1.15. The van der Waals surface area contributed by atoms with E-state index in [4.69, 9.17) is 5.14 Å². The highest BCUT2D eigenvalue weighted by Gasteiger charge is 1.95. The van der Waals surface area contributed by atoms with Crippen LogP contribution < -0.4 is 5.14 Å². The molecule has 114 valence electrons.